The molecule has 0 amide bonds. The molecule has 0 N–H and O–H groups in total. The van der Waals surface area contributed by atoms with Crippen LogP contribution in [0.3, 0.4) is 0 Å². The Morgan fingerprint density at radius 1 is 1.50 bits per heavy atom. The summed E-state index contributed by atoms with van der Waals surface area (Å²) in [5.74, 6) is 1.70. The van der Waals surface area contributed by atoms with E-state index in [1.807, 2.05) is 0 Å². The van der Waals surface area contributed by atoms with Gasteiger partial charge in [-0.25, -0.2) is 0 Å². The van der Waals surface area contributed by atoms with E-state index in [0.717, 1.165) is 17.5 Å². The third-order valence-electron chi connectivity index (χ3n) is 3.71. The molecule has 2 heteroatoms. The average Bonchev–Trinajstić information content (AvgIpc) is 2.73. The molecule has 1 saturated carbocycles. The molecule has 1 aromatic heterocycles. The Hall–Kier alpha value is -0.790. The molecule has 0 saturated heterocycles. The van der Waals surface area contributed by atoms with Crippen molar-refractivity contribution in [3.05, 3.63) is 18.0 Å². The molecule has 0 spiro atoms. The van der Waals surface area contributed by atoms with Crippen LogP contribution in [0.2, 0.25) is 0 Å². The molecular formula is C12H20N2. The van der Waals surface area contributed by atoms with E-state index < -0.39 is 0 Å². The second kappa shape index (κ2) is 3.76. The summed E-state index contributed by atoms with van der Waals surface area (Å²) < 4.78 is 2.14. The summed E-state index contributed by atoms with van der Waals surface area (Å²) in [5.41, 5.74) is 1.13. The van der Waals surface area contributed by atoms with Gasteiger partial charge < -0.3 is 0 Å². The Kier molecular flexibility index (Phi) is 2.62. The zero-order chi connectivity index (χ0) is 10.1. The summed E-state index contributed by atoms with van der Waals surface area (Å²) >= 11 is 0. The van der Waals surface area contributed by atoms with Gasteiger partial charge in [-0.15, -0.1) is 0 Å². The van der Waals surface area contributed by atoms with Crippen molar-refractivity contribution in [1.29, 1.82) is 0 Å². The Balaban J connectivity index is 2.11. The van der Waals surface area contributed by atoms with Crippen LogP contribution in [0.15, 0.2) is 12.3 Å². The topological polar surface area (TPSA) is 17.8 Å². The number of aromatic nitrogens is 2. The molecule has 1 aliphatic carbocycles. The van der Waals surface area contributed by atoms with E-state index >= 15 is 0 Å². The van der Waals surface area contributed by atoms with Crippen LogP contribution in [-0.4, -0.2) is 9.78 Å². The molecular weight excluding hydrogens is 172 g/mol. The third kappa shape index (κ3) is 1.70. The van der Waals surface area contributed by atoms with Crippen molar-refractivity contribution in [2.45, 2.75) is 46.1 Å². The van der Waals surface area contributed by atoms with Gasteiger partial charge in [0.05, 0.1) is 11.7 Å². The highest BCUT2D eigenvalue weighted by molar-refractivity contribution is 4.97. The second-order valence-electron chi connectivity index (χ2n) is 4.75. The van der Waals surface area contributed by atoms with E-state index in [9.17, 15) is 0 Å². The first-order valence-corrected chi connectivity index (χ1v) is 5.70. The summed E-state index contributed by atoms with van der Waals surface area (Å²) in [6, 6.07) is 2.66. The fourth-order valence-electron chi connectivity index (χ4n) is 2.75. The molecule has 0 aromatic carbocycles. The van der Waals surface area contributed by atoms with E-state index in [1.165, 1.54) is 19.3 Å². The molecule has 78 valence electrons. The highest BCUT2D eigenvalue weighted by Gasteiger charge is 2.29. The molecule has 3 atom stereocenters. The van der Waals surface area contributed by atoms with Crippen LogP contribution >= 0.6 is 0 Å². The predicted molar refractivity (Wildman–Crippen MR) is 58.2 cm³/mol. The SMILES string of the molecule is Cc1ccn(C(C)C2CCCC2C)n1. The van der Waals surface area contributed by atoms with Crippen LogP contribution < -0.4 is 0 Å². The minimum Gasteiger partial charge on any atom is -0.269 e. The van der Waals surface area contributed by atoms with Crippen molar-refractivity contribution in [2.24, 2.45) is 11.8 Å². The fourth-order valence-corrected chi connectivity index (χ4v) is 2.75. The van der Waals surface area contributed by atoms with Crippen molar-refractivity contribution >= 4 is 0 Å². The Labute approximate surface area is 86.3 Å². The summed E-state index contributed by atoms with van der Waals surface area (Å²) in [4.78, 5) is 0. The monoisotopic (exact) mass is 192 g/mol. The quantitative estimate of drug-likeness (QED) is 0.703. The van der Waals surface area contributed by atoms with Gasteiger partial charge in [-0.1, -0.05) is 19.8 Å². The molecule has 2 rings (SSSR count). The molecule has 1 aromatic rings. The standard InChI is InChI=1S/C12H20N2/c1-9-5-4-6-12(9)11(3)14-8-7-10(2)13-14/h7-9,11-12H,4-6H2,1-3H3. The lowest BCUT2D eigenvalue weighted by atomic mass is 9.91. The van der Waals surface area contributed by atoms with Crippen LogP contribution in [0.1, 0.15) is 44.8 Å². The largest absolute Gasteiger partial charge is 0.269 e. The van der Waals surface area contributed by atoms with Gasteiger partial charge in [0.25, 0.3) is 0 Å². The maximum absolute atomic E-state index is 4.51. The van der Waals surface area contributed by atoms with Crippen molar-refractivity contribution in [3.8, 4) is 0 Å². The van der Waals surface area contributed by atoms with Crippen LogP contribution in [0.5, 0.6) is 0 Å². The van der Waals surface area contributed by atoms with Gasteiger partial charge in [-0.3, -0.25) is 4.68 Å². The van der Waals surface area contributed by atoms with Gasteiger partial charge in [0.2, 0.25) is 0 Å². The van der Waals surface area contributed by atoms with E-state index in [-0.39, 0.29) is 0 Å². The molecule has 2 nitrogen and oxygen atoms in total. The number of hydrogen-bond donors (Lipinski definition) is 0. The van der Waals surface area contributed by atoms with E-state index in [1.54, 1.807) is 0 Å². The lowest BCUT2D eigenvalue weighted by Crippen LogP contribution is -2.19. The van der Waals surface area contributed by atoms with E-state index in [4.69, 9.17) is 0 Å². The Morgan fingerprint density at radius 3 is 2.79 bits per heavy atom. The molecule has 0 radical (unpaired) electrons. The first-order chi connectivity index (χ1) is 6.68. The summed E-state index contributed by atoms with van der Waals surface area (Å²) in [5, 5.41) is 4.51. The van der Waals surface area contributed by atoms with Crippen molar-refractivity contribution in [3.63, 3.8) is 0 Å². The maximum Gasteiger partial charge on any atom is 0.0593 e. The minimum absolute atomic E-state index is 0.571. The highest BCUT2D eigenvalue weighted by Crippen LogP contribution is 2.38. The summed E-state index contributed by atoms with van der Waals surface area (Å²) in [7, 11) is 0. The van der Waals surface area contributed by atoms with Crippen molar-refractivity contribution < 1.29 is 0 Å². The van der Waals surface area contributed by atoms with Gasteiger partial charge in [0, 0.05) is 6.20 Å². The first-order valence-electron chi connectivity index (χ1n) is 5.70. The maximum atomic E-state index is 4.51. The zero-order valence-corrected chi connectivity index (χ0v) is 9.40. The normalized spacial score (nSPS) is 29.4. The number of aryl methyl sites for hydroxylation is 1. The van der Waals surface area contributed by atoms with Crippen LogP contribution in [0.4, 0.5) is 0 Å². The molecule has 1 aliphatic rings. The molecule has 0 aliphatic heterocycles. The smallest absolute Gasteiger partial charge is 0.0593 e. The average molecular weight is 192 g/mol. The summed E-state index contributed by atoms with van der Waals surface area (Å²) in [6.07, 6.45) is 6.29. The van der Waals surface area contributed by atoms with E-state index in [2.05, 4.69) is 42.8 Å². The minimum atomic E-state index is 0.571. The second-order valence-corrected chi connectivity index (χ2v) is 4.75. The van der Waals surface area contributed by atoms with Gasteiger partial charge in [-0.2, -0.15) is 5.10 Å². The Morgan fingerprint density at radius 2 is 2.29 bits per heavy atom. The molecule has 14 heavy (non-hydrogen) atoms. The molecule has 1 fully saturated rings. The number of rotatable bonds is 2. The van der Waals surface area contributed by atoms with Gasteiger partial charge in [-0.05, 0) is 38.2 Å². The predicted octanol–water partition coefficient (Wildman–Crippen LogP) is 3.19. The lowest BCUT2D eigenvalue weighted by molar-refractivity contribution is 0.275. The summed E-state index contributed by atoms with van der Waals surface area (Å²) in [6.45, 7) is 6.74. The van der Waals surface area contributed by atoms with E-state index in [0.29, 0.717) is 6.04 Å². The number of hydrogen-bond acceptors (Lipinski definition) is 1. The van der Waals surface area contributed by atoms with Gasteiger partial charge in [0.15, 0.2) is 0 Å². The van der Waals surface area contributed by atoms with Crippen molar-refractivity contribution in [2.75, 3.05) is 0 Å². The van der Waals surface area contributed by atoms with Crippen LogP contribution in [0.25, 0.3) is 0 Å². The first kappa shape index (κ1) is 9.75. The number of nitrogens with zero attached hydrogens (tertiary/aromatic N) is 2. The van der Waals surface area contributed by atoms with Crippen LogP contribution in [-0.2, 0) is 0 Å². The van der Waals surface area contributed by atoms with Gasteiger partial charge in [0.1, 0.15) is 0 Å². The molecule has 1 heterocycles. The Bertz CT molecular complexity index is 303. The fraction of sp³-hybridized carbons (Fsp3) is 0.750. The van der Waals surface area contributed by atoms with Crippen LogP contribution in [0, 0.1) is 18.8 Å². The molecule has 3 unspecified atom stereocenters. The molecule has 0 bridgehead atoms. The third-order valence-corrected chi connectivity index (χ3v) is 3.71. The van der Waals surface area contributed by atoms with Gasteiger partial charge >= 0.3 is 0 Å². The van der Waals surface area contributed by atoms with Crippen molar-refractivity contribution in [1.82, 2.24) is 9.78 Å². The highest BCUT2D eigenvalue weighted by atomic mass is 15.3. The lowest BCUT2D eigenvalue weighted by Gasteiger charge is -2.23. The zero-order valence-electron chi connectivity index (χ0n) is 9.40.